The molecule has 0 unspecified atom stereocenters. The van der Waals surface area contributed by atoms with Crippen molar-refractivity contribution < 1.29 is 32.7 Å². The summed E-state index contributed by atoms with van der Waals surface area (Å²) in [6, 6.07) is 14.2. The largest absolute Gasteiger partial charge is 0.375 e. The smallest absolute Gasteiger partial charge is 0.0397 e. The zero-order chi connectivity index (χ0) is 11.5. The van der Waals surface area contributed by atoms with E-state index in [1.165, 1.54) is 0 Å². The number of anilines is 2. The van der Waals surface area contributed by atoms with Gasteiger partial charge in [0.05, 0.1) is 0 Å². The molecule has 0 fully saturated rings. The molecule has 0 aliphatic carbocycles. The molecule has 2 aromatic carbocycles. The van der Waals surface area contributed by atoms with Crippen molar-refractivity contribution in [3.63, 3.8) is 0 Å². The summed E-state index contributed by atoms with van der Waals surface area (Å²) >= 11 is 12.1. The Morgan fingerprint density at radius 1 is 1.06 bits per heavy atom. The molecule has 0 bridgehead atoms. The van der Waals surface area contributed by atoms with Crippen LogP contribution in [-0.2, 0) is 32.7 Å². The first-order chi connectivity index (χ1) is 7.68. The van der Waals surface area contributed by atoms with Crippen molar-refractivity contribution in [3.8, 4) is 0 Å². The molecule has 2 rings (SSSR count). The molecule has 0 spiro atoms. The number of hydrogen-bond acceptors (Lipinski definition) is 1. The second-order valence-corrected chi connectivity index (χ2v) is 4.28. The summed E-state index contributed by atoms with van der Waals surface area (Å²) in [4.78, 5) is 0. The fourth-order valence-corrected chi connectivity index (χ4v) is 1.89. The second-order valence-electron chi connectivity index (χ2n) is 3.47. The van der Waals surface area contributed by atoms with Gasteiger partial charge in [-0.1, -0.05) is 18.2 Å². The fraction of sp³-hybridized carbons (Fsp3) is 0.0769. The van der Waals surface area contributed by atoms with Crippen molar-refractivity contribution in [2.45, 2.75) is 6.92 Å². The quantitative estimate of drug-likeness (QED) is 0.772. The Kier molecular flexibility index (Phi) is 5.95. The first-order valence-electron chi connectivity index (χ1n) is 4.86. The van der Waals surface area contributed by atoms with Crippen molar-refractivity contribution in [1.82, 2.24) is 0 Å². The van der Waals surface area contributed by atoms with Gasteiger partial charge in [0.15, 0.2) is 0 Å². The molecule has 0 atom stereocenters. The molecule has 17 heavy (non-hydrogen) atoms. The average Bonchev–Trinajstić information content (AvgIpc) is 2.26. The first kappa shape index (κ1) is 15.0. The maximum Gasteiger partial charge on any atom is 0.0397 e. The van der Waals surface area contributed by atoms with Crippen LogP contribution in [0.3, 0.4) is 0 Å². The normalized spacial score (nSPS) is 9.59. The van der Waals surface area contributed by atoms with E-state index in [-0.39, 0.29) is 32.7 Å². The van der Waals surface area contributed by atoms with Crippen LogP contribution in [0.5, 0.6) is 0 Å². The predicted molar refractivity (Wildman–Crippen MR) is 69.8 cm³/mol. The van der Waals surface area contributed by atoms with Gasteiger partial charge in [0.2, 0.25) is 0 Å². The zero-order valence-electron chi connectivity index (χ0n) is 9.30. The molecule has 0 saturated heterocycles. The summed E-state index contributed by atoms with van der Waals surface area (Å²) < 4.78 is 0. The van der Waals surface area contributed by atoms with E-state index < -0.39 is 0 Å². The van der Waals surface area contributed by atoms with Crippen LogP contribution >= 0.6 is 23.2 Å². The van der Waals surface area contributed by atoms with Gasteiger partial charge in [-0.05, 0) is 34.3 Å². The van der Waals surface area contributed by atoms with Gasteiger partial charge in [-0.15, -0.1) is 0 Å². The summed E-state index contributed by atoms with van der Waals surface area (Å²) in [6.45, 7) is 2.03. The van der Waals surface area contributed by atoms with Crippen LogP contribution < -0.4 is 5.32 Å². The van der Waals surface area contributed by atoms with Gasteiger partial charge < -0.3 is 5.32 Å². The molecule has 0 aromatic heterocycles. The van der Waals surface area contributed by atoms with Gasteiger partial charge in [0.25, 0.3) is 0 Å². The molecule has 85 valence electrons. The third-order valence-electron chi connectivity index (χ3n) is 2.30. The second kappa shape index (κ2) is 6.75. The van der Waals surface area contributed by atoms with Crippen LogP contribution in [0.2, 0.25) is 10.0 Å². The fourth-order valence-electron chi connectivity index (χ4n) is 1.41. The van der Waals surface area contributed by atoms with Crippen LogP contribution in [0.4, 0.5) is 11.4 Å². The number of benzene rings is 2. The number of rotatable bonds is 2. The Morgan fingerprint density at radius 2 is 1.65 bits per heavy atom. The Balaban J connectivity index is 0.00000144. The Labute approximate surface area is 136 Å². The number of para-hydroxylation sites is 1. The topological polar surface area (TPSA) is 12.0 Å². The number of aryl methyl sites for hydroxylation is 1. The number of nitrogens with one attached hydrogen (secondary N) is 1. The van der Waals surface area contributed by atoms with Gasteiger partial charge in [-0.25, -0.2) is 0 Å². The van der Waals surface area contributed by atoms with Gasteiger partial charge in [-0.2, -0.15) is 41.4 Å². The molecule has 0 aliphatic heterocycles. The molecule has 1 radical (unpaired) electrons. The molecule has 2 aromatic rings. The van der Waals surface area contributed by atoms with E-state index >= 15 is 0 Å². The molecule has 0 amide bonds. The summed E-state index contributed by atoms with van der Waals surface area (Å²) in [5, 5.41) is 4.36. The average molecular weight is 340 g/mol. The minimum atomic E-state index is 0. The van der Waals surface area contributed by atoms with Crippen LogP contribution in [0.15, 0.2) is 36.4 Å². The van der Waals surface area contributed by atoms with E-state index in [4.69, 9.17) is 23.2 Å². The molecule has 0 heterocycles. The van der Waals surface area contributed by atoms with Gasteiger partial charge >= 0.3 is 0 Å². The van der Waals surface area contributed by atoms with E-state index in [0.717, 1.165) is 16.9 Å². The van der Waals surface area contributed by atoms with Crippen LogP contribution in [0, 0.1) is 13.0 Å². The minimum Gasteiger partial charge on any atom is -0.375 e. The van der Waals surface area contributed by atoms with Crippen molar-refractivity contribution >= 4 is 34.6 Å². The van der Waals surface area contributed by atoms with E-state index in [1.54, 1.807) is 12.1 Å². The summed E-state index contributed by atoms with van der Waals surface area (Å²) in [6.07, 6.45) is 0. The van der Waals surface area contributed by atoms with Crippen LogP contribution in [0.25, 0.3) is 0 Å². The first-order valence-corrected chi connectivity index (χ1v) is 5.62. The number of hydrogen-bond donors (Lipinski definition) is 1. The van der Waals surface area contributed by atoms with E-state index in [2.05, 4.69) is 11.4 Å². The monoisotopic (exact) mass is 339 g/mol. The molecule has 0 saturated carbocycles. The Morgan fingerprint density at radius 3 is 2.24 bits per heavy atom. The minimum absolute atomic E-state index is 0. The van der Waals surface area contributed by atoms with Crippen LogP contribution in [0.1, 0.15) is 5.56 Å². The van der Waals surface area contributed by atoms with E-state index in [9.17, 15) is 0 Å². The third kappa shape index (κ3) is 3.69. The van der Waals surface area contributed by atoms with Crippen LogP contribution in [-0.4, -0.2) is 0 Å². The Bertz CT molecular complexity index is 494. The maximum atomic E-state index is 6.05. The number of halogens is 2. The maximum absolute atomic E-state index is 6.05. The summed E-state index contributed by atoms with van der Waals surface area (Å²) in [5.74, 6) is 0. The zero-order valence-corrected chi connectivity index (χ0v) is 13.6. The predicted octanol–water partition coefficient (Wildman–Crippen LogP) is 4.84. The van der Waals surface area contributed by atoms with Crippen molar-refractivity contribution in [1.29, 1.82) is 0 Å². The van der Waals surface area contributed by atoms with Crippen molar-refractivity contribution in [3.05, 3.63) is 58.1 Å². The van der Waals surface area contributed by atoms with Crippen molar-refractivity contribution in [2.75, 3.05) is 5.32 Å². The van der Waals surface area contributed by atoms with E-state index in [1.807, 2.05) is 31.2 Å². The summed E-state index contributed by atoms with van der Waals surface area (Å²) in [7, 11) is 0. The SMILES string of the molecule is Cc1ccccc1Nc1c(Cl)c[c-]cc1Cl.[Y]. The molecule has 4 heteroatoms. The Hall–Kier alpha value is -0.0761. The van der Waals surface area contributed by atoms with E-state index in [0.29, 0.717) is 10.0 Å². The molecule has 0 aliphatic rings. The summed E-state index contributed by atoms with van der Waals surface area (Å²) in [5.41, 5.74) is 2.86. The van der Waals surface area contributed by atoms with Gasteiger partial charge in [0.1, 0.15) is 0 Å². The molecular formula is C13H10Cl2NY-. The molecule has 1 nitrogen and oxygen atoms in total. The molecular weight excluding hydrogens is 330 g/mol. The standard InChI is InChI=1S/C13H10Cl2N.Y/c1-9-5-2-3-8-12(9)16-13-10(14)6-4-7-11(13)15;/h2-3,5-8,16H,1H3;/q-1;. The third-order valence-corrected chi connectivity index (χ3v) is 2.90. The van der Waals surface area contributed by atoms with Crippen molar-refractivity contribution in [2.24, 2.45) is 0 Å². The molecule has 1 N–H and O–H groups in total. The van der Waals surface area contributed by atoms with Gasteiger partial charge in [0, 0.05) is 38.4 Å². The van der Waals surface area contributed by atoms with Gasteiger partial charge in [-0.3, -0.25) is 0 Å².